The van der Waals surface area contributed by atoms with E-state index in [1.165, 1.54) is 89.2 Å². The van der Waals surface area contributed by atoms with Gasteiger partial charge in [0.25, 0.3) is 0 Å². The molecule has 0 atom stereocenters. The van der Waals surface area contributed by atoms with Crippen molar-refractivity contribution in [3.05, 3.63) is 29.8 Å². The normalized spacial score (nSPS) is 26.8. The third-order valence-electron chi connectivity index (χ3n) is 7.97. The van der Waals surface area contributed by atoms with E-state index in [1.807, 2.05) is 0 Å². The van der Waals surface area contributed by atoms with Crippen LogP contribution in [-0.4, -0.2) is 12.3 Å². The van der Waals surface area contributed by atoms with Crippen LogP contribution in [0.2, 0.25) is 0 Å². The number of rotatable bonds is 10. The fourth-order valence-corrected chi connectivity index (χ4v) is 5.92. The fourth-order valence-electron chi connectivity index (χ4n) is 5.92. The summed E-state index contributed by atoms with van der Waals surface area (Å²) in [4.78, 5) is 0. The van der Waals surface area contributed by atoms with Crippen LogP contribution in [-0.2, 0) is 0 Å². The Morgan fingerprint density at radius 1 is 0.727 bits per heavy atom. The summed E-state index contributed by atoms with van der Waals surface area (Å²) in [6.45, 7) is 2.26. The molecule has 1 aromatic rings. The predicted octanol–water partition coefficient (Wildman–Crippen LogP) is 9.66. The predicted molar refractivity (Wildman–Crippen MR) is 122 cm³/mol. The van der Waals surface area contributed by atoms with Gasteiger partial charge in [-0.1, -0.05) is 70.4 Å². The van der Waals surface area contributed by atoms with Crippen LogP contribution in [0.1, 0.15) is 108 Å². The Morgan fingerprint density at radius 3 is 1.82 bits per heavy atom. The van der Waals surface area contributed by atoms with Gasteiger partial charge in [0.2, 0.25) is 0 Å². The van der Waals surface area contributed by atoms with Gasteiger partial charge >= 0.3 is 12.3 Å². The van der Waals surface area contributed by atoms with Crippen LogP contribution in [0.15, 0.2) is 24.3 Å². The lowest BCUT2D eigenvalue weighted by Gasteiger charge is -2.38. The number of ether oxygens (including phenoxy) is 1. The van der Waals surface area contributed by atoms with Crippen LogP contribution >= 0.6 is 0 Å². The van der Waals surface area contributed by atoms with Crippen molar-refractivity contribution in [3.8, 4) is 5.75 Å². The summed E-state index contributed by atoms with van der Waals surface area (Å²) in [6, 6.07) is 5.73. The molecule has 0 spiro atoms. The number of alkyl halides is 5. The van der Waals surface area contributed by atoms with Crippen molar-refractivity contribution in [3.63, 3.8) is 0 Å². The third-order valence-corrected chi connectivity index (χ3v) is 7.97. The van der Waals surface area contributed by atoms with Gasteiger partial charge in [-0.25, -0.2) is 0 Å². The Balaban J connectivity index is 1.39. The highest BCUT2D eigenvalue weighted by molar-refractivity contribution is 5.30. The molecular formula is C27H39F5O. The van der Waals surface area contributed by atoms with Gasteiger partial charge in [-0.15, -0.1) is 0 Å². The lowest BCUT2D eigenvalue weighted by Crippen LogP contribution is -2.41. The second-order valence-corrected chi connectivity index (χ2v) is 10.3. The first-order valence-corrected chi connectivity index (χ1v) is 12.9. The first kappa shape index (κ1) is 26.3. The summed E-state index contributed by atoms with van der Waals surface area (Å²) in [6.07, 6.45) is 7.25. The summed E-state index contributed by atoms with van der Waals surface area (Å²) in [5.74, 6) is 2.42. The molecule has 1 aromatic carbocycles. The molecule has 0 N–H and O–H groups in total. The van der Waals surface area contributed by atoms with Gasteiger partial charge in [-0.05, 0) is 79.9 Å². The molecule has 0 unspecified atom stereocenters. The van der Waals surface area contributed by atoms with Crippen LogP contribution in [0, 0.1) is 17.8 Å². The van der Waals surface area contributed by atoms with Crippen molar-refractivity contribution in [2.24, 2.45) is 17.8 Å². The maximum absolute atomic E-state index is 13.1. The minimum absolute atomic E-state index is 0.345. The van der Waals surface area contributed by atoms with E-state index in [4.69, 9.17) is 0 Å². The molecule has 2 aliphatic carbocycles. The Labute approximate surface area is 195 Å². The molecule has 0 aliphatic heterocycles. The quantitative estimate of drug-likeness (QED) is 0.242. The average molecular weight is 475 g/mol. The maximum Gasteiger partial charge on any atom is 0.499 e. The number of hydrogen-bond donors (Lipinski definition) is 0. The molecule has 33 heavy (non-hydrogen) atoms. The largest absolute Gasteiger partial charge is 0.499 e. The zero-order valence-corrected chi connectivity index (χ0v) is 19.8. The molecule has 0 bridgehead atoms. The van der Waals surface area contributed by atoms with E-state index in [9.17, 15) is 22.0 Å². The van der Waals surface area contributed by atoms with Gasteiger partial charge in [0, 0.05) is 0 Å². The summed E-state index contributed by atoms with van der Waals surface area (Å²) >= 11 is 0. The molecule has 2 saturated carbocycles. The molecule has 3 rings (SSSR count). The zero-order chi connectivity index (χ0) is 23.9. The van der Waals surface area contributed by atoms with Crippen molar-refractivity contribution in [1.29, 1.82) is 0 Å². The molecular weight excluding hydrogens is 435 g/mol. The topological polar surface area (TPSA) is 9.23 Å². The third kappa shape index (κ3) is 7.58. The second kappa shape index (κ2) is 11.9. The van der Waals surface area contributed by atoms with Gasteiger partial charge in [0.1, 0.15) is 5.75 Å². The first-order valence-electron chi connectivity index (χ1n) is 12.9. The monoisotopic (exact) mass is 474 g/mol. The lowest BCUT2D eigenvalue weighted by molar-refractivity contribution is -0.360. The molecule has 0 amide bonds. The van der Waals surface area contributed by atoms with E-state index in [2.05, 4.69) is 11.7 Å². The molecule has 2 aliphatic rings. The van der Waals surface area contributed by atoms with Crippen LogP contribution in [0.25, 0.3) is 0 Å². The van der Waals surface area contributed by atoms with E-state index in [0.717, 1.165) is 36.2 Å². The van der Waals surface area contributed by atoms with Crippen molar-refractivity contribution in [2.45, 2.75) is 115 Å². The Bertz CT molecular complexity index is 683. The average Bonchev–Trinajstić information content (AvgIpc) is 2.79. The standard InChI is InChI=1S/C27H39F5O/c1-2-3-4-5-6-7-20-8-10-21(11-9-20)22-12-14-23(15-13-22)24-16-18-25(19-17-24)33-27(31,32)26(28,29)30/h16-23H,2-15H2,1H3. The van der Waals surface area contributed by atoms with E-state index >= 15 is 0 Å². The molecule has 0 heterocycles. The molecule has 0 saturated heterocycles. The van der Waals surface area contributed by atoms with Crippen molar-refractivity contribution in [2.75, 3.05) is 0 Å². The molecule has 0 radical (unpaired) electrons. The lowest BCUT2D eigenvalue weighted by atomic mass is 9.68. The summed E-state index contributed by atoms with van der Waals surface area (Å²) < 4.78 is 67.0. The fraction of sp³-hybridized carbons (Fsp3) is 0.778. The second-order valence-electron chi connectivity index (χ2n) is 10.3. The summed E-state index contributed by atoms with van der Waals surface area (Å²) in [7, 11) is 0. The van der Waals surface area contributed by atoms with Crippen LogP contribution in [0.3, 0.4) is 0 Å². The Kier molecular flexibility index (Phi) is 9.46. The van der Waals surface area contributed by atoms with Gasteiger partial charge in [-0.3, -0.25) is 0 Å². The highest BCUT2D eigenvalue weighted by atomic mass is 19.4. The minimum Gasteiger partial charge on any atom is -0.426 e. The molecule has 0 aromatic heterocycles. The number of hydrogen-bond acceptors (Lipinski definition) is 1. The van der Waals surface area contributed by atoms with E-state index in [0.29, 0.717) is 5.92 Å². The molecule has 1 nitrogen and oxygen atoms in total. The van der Waals surface area contributed by atoms with Crippen molar-refractivity contribution >= 4 is 0 Å². The van der Waals surface area contributed by atoms with E-state index in [1.54, 1.807) is 12.1 Å². The first-order chi connectivity index (χ1) is 15.7. The van der Waals surface area contributed by atoms with Crippen LogP contribution in [0.5, 0.6) is 5.75 Å². The van der Waals surface area contributed by atoms with Gasteiger partial charge in [-0.2, -0.15) is 22.0 Å². The number of unbranched alkanes of at least 4 members (excludes halogenated alkanes) is 4. The van der Waals surface area contributed by atoms with Gasteiger partial charge in [0.15, 0.2) is 0 Å². The van der Waals surface area contributed by atoms with Crippen LogP contribution in [0.4, 0.5) is 22.0 Å². The van der Waals surface area contributed by atoms with E-state index < -0.39 is 18.0 Å². The minimum atomic E-state index is -5.72. The van der Waals surface area contributed by atoms with Crippen LogP contribution < -0.4 is 4.74 Å². The number of halogens is 5. The molecule has 2 fully saturated rings. The Hall–Kier alpha value is -1.33. The molecule has 188 valence electrons. The molecule has 6 heteroatoms. The summed E-state index contributed by atoms with van der Waals surface area (Å²) in [5.41, 5.74) is 1.00. The van der Waals surface area contributed by atoms with Crippen molar-refractivity contribution in [1.82, 2.24) is 0 Å². The highest BCUT2D eigenvalue weighted by Crippen LogP contribution is 2.45. The Morgan fingerprint density at radius 2 is 1.27 bits per heavy atom. The smallest absolute Gasteiger partial charge is 0.426 e. The van der Waals surface area contributed by atoms with Crippen molar-refractivity contribution < 1.29 is 26.7 Å². The highest BCUT2D eigenvalue weighted by Gasteiger charge is 2.61. The SMILES string of the molecule is CCCCCCCC1CCC(C2CCC(c3ccc(OC(F)(F)C(F)(F)F)cc3)CC2)CC1. The van der Waals surface area contributed by atoms with E-state index in [-0.39, 0.29) is 0 Å². The van der Waals surface area contributed by atoms with Gasteiger partial charge in [0.05, 0.1) is 0 Å². The maximum atomic E-state index is 13.1. The van der Waals surface area contributed by atoms with Gasteiger partial charge < -0.3 is 4.74 Å². The number of benzene rings is 1. The summed E-state index contributed by atoms with van der Waals surface area (Å²) in [5, 5.41) is 0. The zero-order valence-electron chi connectivity index (χ0n) is 19.8.